The molecule has 2 rings (SSSR count). The number of carbonyl (C=O) groups excluding carboxylic acids is 1. The summed E-state index contributed by atoms with van der Waals surface area (Å²) in [5.74, 6) is -0.470. The van der Waals surface area contributed by atoms with Crippen LogP contribution in [0.1, 0.15) is 23.6 Å². The molecule has 5 nitrogen and oxygen atoms in total. The second kappa shape index (κ2) is 8.96. The van der Waals surface area contributed by atoms with Crippen LogP contribution in [0.15, 0.2) is 59.5 Å². The van der Waals surface area contributed by atoms with Gasteiger partial charge in [0.15, 0.2) is 9.84 Å². The van der Waals surface area contributed by atoms with E-state index in [4.69, 9.17) is 0 Å². The van der Waals surface area contributed by atoms with Gasteiger partial charge in [-0.25, -0.2) is 8.42 Å². The third-order valence-electron chi connectivity index (χ3n) is 4.06. The minimum absolute atomic E-state index is 0.0625. The zero-order valence-electron chi connectivity index (χ0n) is 15.5. The average molecular weight is 375 g/mol. The van der Waals surface area contributed by atoms with Crippen LogP contribution in [-0.2, 0) is 14.6 Å². The van der Waals surface area contributed by atoms with Gasteiger partial charge in [-0.2, -0.15) is 0 Å². The zero-order valence-corrected chi connectivity index (χ0v) is 16.3. The number of nitrogens with zero attached hydrogens (tertiary/aromatic N) is 1. The van der Waals surface area contributed by atoms with Crippen LogP contribution < -0.4 is 5.32 Å². The molecule has 0 radical (unpaired) electrons. The van der Waals surface area contributed by atoms with Gasteiger partial charge in [0.1, 0.15) is 0 Å². The van der Waals surface area contributed by atoms with E-state index in [0.717, 1.165) is 11.1 Å². The fourth-order valence-electron chi connectivity index (χ4n) is 2.64. The number of likely N-dealkylation sites (N-methyl/N-ethyl adjacent to an activating group) is 1. The molecule has 0 aliphatic heterocycles. The summed E-state index contributed by atoms with van der Waals surface area (Å²) in [5, 5.41) is 2.95. The second-order valence-corrected chi connectivity index (χ2v) is 8.78. The molecule has 26 heavy (non-hydrogen) atoms. The SMILES string of the molecule is Cc1ccc(S(=O)(=O)CCC(=O)N[C@H](CN(C)C)c2ccccc2)cc1. The number of hydrogen-bond donors (Lipinski definition) is 1. The monoisotopic (exact) mass is 374 g/mol. The Kier molecular flexibility index (Phi) is 6.94. The first-order chi connectivity index (χ1) is 12.3. The highest BCUT2D eigenvalue weighted by atomic mass is 32.2. The standard InChI is InChI=1S/C20H26N2O3S/c1-16-9-11-18(12-10-16)26(24,25)14-13-20(23)21-19(15-22(2)3)17-7-5-4-6-8-17/h4-12,19H,13-15H2,1-3H3,(H,21,23)/t19-/m1/s1. The van der Waals surface area contributed by atoms with Crippen LogP contribution in [0.4, 0.5) is 0 Å². The fraction of sp³-hybridized carbons (Fsp3) is 0.350. The summed E-state index contributed by atoms with van der Waals surface area (Å²) >= 11 is 0. The van der Waals surface area contributed by atoms with Crippen molar-refractivity contribution in [2.24, 2.45) is 0 Å². The molecule has 6 heteroatoms. The van der Waals surface area contributed by atoms with E-state index in [-0.39, 0.29) is 29.0 Å². The van der Waals surface area contributed by atoms with E-state index >= 15 is 0 Å². The maximum Gasteiger partial charge on any atom is 0.221 e. The molecule has 1 amide bonds. The lowest BCUT2D eigenvalue weighted by Gasteiger charge is -2.23. The highest BCUT2D eigenvalue weighted by Crippen LogP contribution is 2.15. The summed E-state index contributed by atoms with van der Waals surface area (Å²) < 4.78 is 24.8. The molecule has 0 fully saturated rings. The number of nitrogens with one attached hydrogen (secondary N) is 1. The van der Waals surface area contributed by atoms with Gasteiger partial charge in [-0.15, -0.1) is 0 Å². The van der Waals surface area contributed by atoms with Crippen molar-refractivity contribution in [2.75, 3.05) is 26.4 Å². The predicted octanol–water partition coefficient (Wildman–Crippen LogP) is 2.58. The number of sulfone groups is 1. The summed E-state index contributed by atoms with van der Waals surface area (Å²) in [5.41, 5.74) is 1.99. The lowest BCUT2D eigenvalue weighted by atomic mass is 10.1. The highest BCUT2D eigenvalue weighted by Gasteiger charge is 2.19. The molecule has 1 N–H and O–H groups in total. The van der Waals surface area contributed by atoms with Crippen molar-refractivity contribution in [1.29, 1.82) is 0 Å². The molecule has 0 saturated heterocycles. The number of benzene rings is 2. The van der Waals surface area contributed by atoms with Crippen LogP contribution in [0.3, 0.4) is 0 Å². The van der Waals surface area contributed by atoms with Crippen molar-refractivity contribution in [3.8, 4) is 0 Å². The van der Waals surface area contributed by atoms with E-state index in [9.17, 15) is 13.2 Å². The Hall–Kier alpha value is -2.18. The van der Waals surface area contributed by atoms with E-state index in [2.05, 4.69) is 5.32 Å². The minimum Gasteiger partial charge on any atom is -0.348 e. The maximum absolute atomic E-state index is 12.4. The summed E-state index contributed by atoms with van der Waals surface area (Å²) in [6.07, 6.45) is -0.0625. The molecule has 0 saturated carbocycles. The molecular formula is C20H26N2O3S. The van der Waals surface area contributed by atoms with Gasteiger partial charge >= 0.3 is 0 Å². The number of rotatable bonds is 8. The third-order valence-corrected chi connectivity index (χ3v) is 5.79. The van der Waals surface area contributed by atoms with Crippen molar-refractivity contribution in [3.05, 3.63) is 65.7 Å². The van der Waals surface area contributed by atoms with Gasteiger partial charge in [-0.3, -0.25) is 4.79 Å². The lowest BCUT2D eigenvalue weighted by molar-refractivity contribution is -0.121. The van der Waals surface area contributed by atoms with Crippen LogP contribution in [-0.4, -0.2) is 45.6 Å². The molecule has 2 aromatic carbocycles. The maximum atomic E-state index is 12.4. The molecule has 0 bridgehead atoms. The number of amides is 1. The van der Waals surface area contributed by atoms with Crippen LogP contribution >= 0.6 is 0 Å². The molecule has 140 valence electrons. The molecular weight excluding hydrogens is 348 g/mol. The Morgan fingerprint density at radius 1 is 1.04 bits per heavy atom. The minimum atomic E-state index is -3.47. The first kappa shape index (κ1) is 20.1. The quantitative estimate of drug-likeness (QED) is 0.771. The molecule has 0 spiro atoms. The largest absolute Gasteiger partial charge is 0.348 e. The Labute approximate surface area is 156 Å². The zero-order chi connectivity index (χ0) is 19.2. The Bertz CT molecular complexity index is 816. The smallest absolute Gasteiger partial charge is 0.221 e. The Balaban J connectivity index is 2.00. The van der Waals surface area contributed by atoms with Crippen LogP contribution in [0, 0.1) is 6.92 Å². The van der Waals surface area contributed by atoms with Crippen LogP contribution in [0.25, 0.3) is 0 Å². The molecule has 0 unspecified atom stereocenters. The number of hydrogen-bond acceptors (Lipinski definition) is 4. The molecule has 2 aromatic rings. The summed E-state index contributed by atoms with van der Waals surface area (Å²) in [6.45, 7) is 2.54. The first-order valence-corrected chi connectivity index (χ1v) is 10.2. The normalized spacial score (nSPS) is 12.8. The second-order valence-electron chi connectivity index (χ2n) is 6.67. The number of carbonyl (C=O) groups is 1. The first-order valence-electron chi connectivity index (χ1n) is 8.56. The highest BCUT2D eigenvalue weighted by molar-refractivity contribution is 7.91. The van der Waals surface area contributed by atoms with Crippen molar-refractivity contribution >= 4 is 15.7 Å². The van der Waals surface area contributed by atoms with Gasteiger partial charge in [0, 0.05) is 13.0 Å². The van der Waals surface area contributed by atoms with Gasteiger partial charge in [0.05, 0.1) is 16.7 Å². The van der Waals surface area contributed by atoms with Gasteiger partial charge in [-0.1, -0.05) is 48.0 Å². The lowest BCUT2D eigenvalue weighted by Crippen LogP contribution is -2.36. The summed E-state index contributed by atoms with van der Waals surface area (Å²) in [4.78, 5) is 14.6. The van der Waals surface area contributed by atoms with Crippen LogP contribution in [0.5, 0.6) is 0 Å². The predicted molar refractivity (Wildman–Crippen MR) is 104 cm³/mol. The summed E-state index contributed by atoms with van der Waals surface area (Å²) in [7, 11) is 0.402. The van der Waals surface area contributed by atoms with Gasteiger partial charge < -0.3 is 10.2 Å². The van der Waals surface area contributed by atoms with E-state index in [1.54, 1.807) is 24.3 Å². The number of aryl methyl sites for hydroxylation is 1. The Morgan fingerprint density at radius 3 is 2.23 bits per heavy atom. The Morgan fingerprint density at radius 2 is 1.65 bits per heavy atom. The van der Waals surface area contributed by atoms with E-state index in [0.29, 0.717) is 6.54 Å². The van der Waals surface area contributed by atoms with Gasteiger partial charge in [0.25, 0.3) is 0 Å². The fourth-order valence-corrected chi connectivity index (χ4v) is 3.88. The third kappa shape index (κ3) is 5.97. The van der Waals surface area contributed by atoms with Gasteiger partial charge in [-0.05, 0) is 38.7 Å². The molecule has 0 aromatic heterocycles. The van der Waals surface area contributed by atoms with E-state index in [1.165, 1.54) is 0 Å². The topological polar surface area (TPSA) is 66.5 Å². The molecule has 0 aliphatic carbocycles. The van der Waals surface area contributed by atoms with E-state index < -0.39 is 9.84 Å². The molecule has 1 atom stereocenters. The average Bonchev–Trinajstić information content (AvgIpc) is 2.60. The van der Waals surface area contributed by atoms with Crippen molar-refractivity contribution in [3.63, 3.8) is 0 Å². The van der Waals surface area contributed by atoms with Crippen molar-refractivity contribution < 1.29 is 13.2 Å². The summed E-state index contributed by atoms with van der Waals surface area (Å²) in [6, 6.07) is 16.2. The van der Waals surface area contributed by atoms with Crippen molar-refractivity contribution in [2.45, 2.75) is 24.3 Å². The molecule has 0 heterocycles. The van der Waals surface area contributed by atoms with Gasteiger partial charge in [0.2, 0.25) is 5.91 Å². The van der Waals surface area contributed by atoms with E-state index in [1.807, 2.05) is 56.3 Å². The van der Waals surface area contributed by atoms with Crippen molar-refractivity contribution in [1.82, 2.24) is 10.2 Å². The molecule has 0 aliphatic rings. The van der Waals surface area contributed by atoms with Crippen LogP contribution in [0.2, 0.25) is 0 Å².